The van der Waals surface area contributed by atoms with Gasteiger partial charge >= 0.3 is 0 Å². The van der Waals surface area contributed by atoms with Gasteiger partial charge in [-0.05, 0) is 11.6 Å². The summed E-state index contributed by atoms with van der Waals surface area (Å²) in [6.45, 7) is 0. The van der Waals surface area contributed by atoms with Crippen molar-refractivity contribution in [2.75, 3.05) is 0 Å². The van der Waals surface area contributed by atoms with Gasteiger partial charge in [-0.3, -0.25) is 9.78 Å². The minimum Gasteiger partial charge on any atom is -0.494 e. The van der Waals surface area contributed by atoms with E-state index in [9.17, 15) is 9.90 Å². The number of nitrogens with one attached hydrogen (secondary N) is 1. The van der Waals surface area contributed by atoms with Crippen molar-refractivity contribution in [3.63, 3.8) is 0 Å². The third-order valence-corrected chi connectivity index (χ3v) is 2.23. The fourth-order valence-electron chi connectivity index (χ4n) is 1.44. The Morgan fingerprint density at radius 2 is 1.94 bits per heavy atom. The van der Waals surface area contributed by atoms with Gasteiger partial charge in [0.15, 0.2) is 5.88 Å². The molecule has 0 aliphatic rings. The van der Waals surface area contributed by atoms with E-state index >= 15 is 0 Å². The van der Waals surface area contributed by atoms with Gasteiger partial charge in [0.2, 0.25) is 0 Å². The highest BCUT2D eigenvalue weighted by Gasteiger charge is 2.08. The first-order valence-electron chi connectivity index (χ1n) is 4.64. The third kappa shape index (κ3) is 1.66. The van der Waals surface area contributed by atoms with Gasteiger partial charge < -0.3 is 5.11 Å². The van der Waals surface area contributed by atoms with Gasteiger partial charge in [-0.15, -0.1) is 0 Å². The first-order valence-corrected chi connectivity index (χ1v) is 4.64. The number of aromatic amines is 1. The summed E-state index contributed by atoms with van der Waals surface area (Å²) in [7, 11) is 0. The highest BCUT2D eigenvalue weighted by atomic mass is 16.3. The van der Waals surface area contributed by atoms with Crippen LogP contribution in [-0.2, 0) is 0 Å². The molecule has 0 amide bonds. The lowest BCUT2D eigenvalue weighted by Crippen LogP contribution is -2.09. The fraction of sp³-hybridized carbons (Fsp3) is 0. The van der Waals surface area contributed by atoms with Crippen molar-refractivity contribution in [1.82, 2.24) is 4.98 Å². The van der Waals surface area contributed by atoms with Gasteiger partial charge in [-0.25, -0.2) is 0 Å². The van der Waals surface area contributed by atoms with Crippen molar-refractivity contribution in [3.05, 3.63) is 52.3 Å². The molecule has 0 radical (unpaired) electrons. The maximum Gasteiger partial charge on any atom is 0.268 e. The zero-order valence-corrected chi connectivity index (χ0v) is 8.27. The minimum absolute atomic E-state index is 0.0170. The number of hydrogen-bond acceptors (Lipinski definition) is 3. The highest BCUT2D eigenvalue weighted by Crippen LogP contribution is 2.25. The molecule has 4 nitrogen and oxygen atoms in total. The second-order valence-electron chi connectivity index (χ2n) is 3.25. The van der Waals surface area contributed by atoms with Crippen molar-refractivity contribution in [1.29, 1.82) is 5.26 Å². The number of nitriles is 1. The average molecular weight is 212 g/mol. The lowest BCUT2D eigenvalue weighted by molar-refractivity contribution is 0.454. The summed E-state index contributed by atoms with van der Waals surface area (Å²) in [6.07, 6.45) is 0. The van der Waals surface area contributed by atoms with Crippen LogP contribution in [0.4, 0.5) is 0 Å². The predicted molar refractivity (Wildman–Crippen MR) is 58.9 cm³/mol. The smallest absolute Gasteiger partial charge is 0.268 e. The molecule has 1 aromatic carbocycles. The number of rotatable bonds is 1. The van der Waals surface area contributed by atoms with Crippen LogP contribution in [-0.4, -0.2) is 10.1 Å². The standard InChI is InChI=1S/C12H8N2O2/c13-7-9-6-10(12(16)14-11(9)15)8-4-2-1-3-5-8/h1-6H,(H2,14,15,16). The van der Waals surface area contributed by atoms with Gasteiger partial charge in [-0.2, -0.15) is 5.26 Å². The van der Waals surface area contributed by atoms with Crippen molar-refractivity contribution < 1.29 is 5.11 Å². The minimum atomic E-state index is -0.584. The summed E-state index contributed by atoms with van der Waals surface area (Å²) in [5, 5.41) is 18.3. The Labute approximate surface area is 91.4 Å². The topological polar surface area (TPSA) is 76.9 Å². The van der Waals surface area contributed by atoms with Crippen LogP contribution in [0.2, 0.25) is 0 Å². The molecule has 16 heavy (non-hydrogen) atoms. The molecule has 4 heteroatoms. The van der Waals surface area contributed by atoms with Gasteiger partial charge in [-0.1, -0.05) is 30.3 Å². The summed E-state index contributed by atoms with van der Waals surface area (Å²) in [6, 6.07) is 12.2. The molecule has 0 unspecified atom stereocenters. The SMILES string of the molecule is N#Cc1cc(-c2ccccc2)c(O)[nH]c1=O. The van der Waals surface area contributed by atoms with Gasteiger partial charge in [0.1, 0.15) is 11.6 Å². The third-order valence-electron chi connectivity index (χ3n) is 2.23. The van der Waals surface area contributed by atoms with Gasteiger partial charge in [0.05, 0.1) is 0 Å². The normalized spacial score (nSPS) is 9.69. The highest BCUT2D eigenvalue weighted by molar-refractivity contribution is 5.69. The summed E-state index contributed by atoms with van der Waals surface area (Å²) >= 11 is 0. The molecule has 78 valence electrons. The number of nitrogens with zero attached hydrogens (tertiary/aromatic N) is 1. The van der Waals surface area contributed by atoms with Crippen LogP contribution in [0.5, 0.6) is 5.88 Å². The Kier molecular flexibility index (Phi) is 2.44. The molecule has 0 fully saturated rings. The molecule has 2 N–H and O–H groups in total. The van der Waals surface area contributed by atoms with Crippen LogP contribution >= 0.6 is 0 Å². The summed E-state index contributed by atoms with van der Waals surface area (Å²) < 4.78 is 0. The van der Waals surface area contributed by atoms with E-state index in [4.69, 9.17) is 5.26 Å². The van der Waals surface area contributed by atoms with Crippen LogP contribution < -0.4 is 5.56 Å². The summed E-state index contributed by atoms with van der Waals surface area (Å²) in [4.78, 5) is 13.5. The van der Waals surface area contributed by atoms with Crippen LogP contribution in [0, 0.1) is 11.3 Å². The second kappa shape index (κ2) is 3.91. The molecule has 0 aliphatic carbocycles. The number of aromatic nitrogens is 1. The largest absolute Gasteiger partial charge is 0.494 e. The van der Waals surface area contributed by atoms with Crippen molar-refractivity contribution in [2.45, 2.75) is 0 Å². The second-order valence-corrected chi connectivity index (χ2v) is 3.25. The van der Waals surface area contributed by atoms with E-state index in [1.807, 2.05) is 18.2 Å². The Hall–Kier alpha value is -2.54. The predicted octanol–water partition coefficient (Wildman–Crippen LogP) is 1.62. The maximum absolute atomic E-state index is 11.2. The molecule has 2 rings (SSSR count). The molecule has 2 aromatic rings. The maximum atomic E-state index is 11.2. The molecule has 1 aromatic heterocycles. The Morgan fingerprint density at radius 1 is 1.25 bits per heavy atom. The van der Waals surface area contributed by atoms with Crippen molar-refractivity contribution in [3.8, 4) is 23.1 Å². The zero-order valence-electron chi connectivity index (χ0n) is 8.27. The average Bonchev–Trinajstić information content (AvgIpc) is 2.30. The van der Waals surface area contributed by atoms with E-state index in [1.165, 1.54) is 6.07 Å². The van der Waals surface area contributed by atoms with E-state index in [1.54, 1.807) is 18.2 Å². The molecular weight excluding hydrogens is 204 g/mol. The Morgan fingerprint density at radius 3 is 2.56 bits per heavy atom. The number of hydrogen-bond donors (Lipinski definition) is 2. The molecule has 0 saturated carbocycles. The Bertz CT molecular complexity index is 609. The molecular formula is C12H8N2O2. The lowest BCUT2D eigenvalue weighted by Gasteiger charge is -2.03. The summed E-state index contributed by atoms with van der Waals surface area (Å²) in [5.74, 6) is -0.227. The van der Waals surface area contributed by atoms with Crippen LogP contribution in [0.25, 0.3) is 11.1 Å². The molecule has 0 atom stereocenters. The van der Waals surface area contributed by atoms with Crippen molar-refractivity contribution in [2.24, 2.45) is 0 Å². The first kappa shape index (κ1) is 9.99. The van der Waals surface area contributed by atoms with Crippen LogP contribution in [0.3, 0.4) is 0 Å². The van der Waals surface area contributed by atoms with Gasteiger partial charge in [0.25, 0.3) is 5.56 Å². The van der Waals surface area contributed by atoms with Gasteiger partial charge in [0, 0.05) is 5.56 Å². The number of aromatic hydroxyl groups is 1. The fourth-order valence-corrected chi connectivity index (χ4v) is 1.44. The molecule has 1 heterocycles. The van der Waals surface area contributed by atoms with E-state index < -0.39 is 5.56 Å². The molecule has 0 spiro atoms. The molecule has 0 bridgehead atoms. The van der Waals surface area contributed by atoms with Crippen molar-refractivity contribution >= 4 is 0 Å². The van der Waals surface area contributed by atoms with E-state index in [2.05, 4.69) is 4.98 Å². The summed E-state index contributed by atoms with van der Waals surface area (Å²) in [5.41, 5.74) is 0.584. The quantitative estimate of drug-likeness (QED) is 0.754. The Balaban J connectivity index is 2.68. The monoisotopic (exact) mass is 212 g/mol. The number of benzene rings is 1. The number of H-pyrrole nitrogens is 1. The van der Waals surface area contributed by atoms with Crippen LogP contribution in [0.15, 0.2) is 41.2 Å². The number of pyridine rings is 1. The van der Waals surface area contributed by atoms with E-state index in [0.29, 0.717) is 5.56 Å². The zero-order chi connectivity index (χ0) is 11.5. The molecule has 0 aliphatic heterocycles. The first-order chi connectivity index (χ1) is 7.72. The van der Waals surface area contributed by atoms with E-state index in [-0.39, 0.29) is 11.4 Å². The van der Waals surface area contributed by atoms with Crippen LogP contribution in [0.1, 0.15) is 5.56 Å². The van der Waals surface area contributed by atoms with E-state index in [0.717, 1.165) is 5.56 Å². The molecule has 0 saturated heterocycles. The lowest BCUT2D eigenvalue weighted by atomic mass is 10.1.